The number of methoxy groups -OCH3 is 1. The molecule has 1 atom stereocenters. The van der Waals surface area contributed by atoms with Crippen molar-refractivity contribution in [2.45, 2.75) is 13.3 Å². The summed E-state index contributed by atoms with van der Waals surface area (Å²) in [6.07, 6.45) is 0.00473. The van der Waals surface area contributed by atoms with E-state index >= 15 is 0 Å². The number of hydrogen-bond donors (Lipinski definition) is 2. The van der Waals surface area contributed by atoms with Crippen LogP contribution < -0.4 is 10.1 Å². The van der Waals surface area contributed by atoms with Crippen molar-refractivity contribution >= 4 is 17.3 Å². The number of anilines is 1. The zero-order chi connectivity index (χ0) is 14.4. The lowest BCUT2D eigenvalue weighted by Crippen LogP contribution is -2.15. The highest BCUT2D eigenvalue weighted by molar-refractivity contribution is 5.69. The van der Waals surface area contributed by atoms with Crippen LogP contribution in [0.5, 0.6) is 5.75 Å². The molecule has 0 bridgehead atoms. The molecule has 0 aromatic heterocycles. The fourth-order valence-electron chi connectivity index (χ4n) is 1.67. The largest absolute Gasteiger partial charge is 0.490 e. The average Bonchev–Trinajstić information content (AvgIpc) is 2.34. The normalized spacial score (nSPS) is 11.7. The Morgan fingerprint density at radius 2 is 2.26 bits per heavy atom. The van der Waals surface area contributed by atoms with E-state index in [1.54, 1.807) is 19.1 Å². The molecule has 7 heteroatoms. The number of nitro benzene ring substituents is 1. The van der Waals surface area contributed by atoms with Gasteiger partial charge in [0.05, 0.1) is 12.0 Å². The van der Waals surface area contributed by atoms with Crippen molar-refractivity contribution in [2.75, 3.05) is 19.0 Å². The SMILES string of the molecule is COc1cccc(NCC(C)CC(=O)O)c1[N+](=O)[O-]. The number of carboxylic acid groups (broad SMARTS) is 1. The van der Waals surface area contributed by atoms with Gasteiger partial charge in [-0.1, -0.05) is 13.0 Å². The van der Waals surface area contributed by atoms with Gasteiger partial charge in [-0.3, -0.25) is 14.9 Å². The highest BCUT2D eigenvalue weighted by Gasteiger charge is 2.20. The van der Waals surface area contributed by atoms with Crippen molar-refractivity contribution < 1.29 is 19.6 Å². The molecular weight excluding hydrogens is 252 g/mol. The van der Waals surface area contributed by atoms with E-state index in [0.717, 1.165) is 0 Å². The van der Waals surface area contributed by atoms with Gasteiger partial charge in [0.25, 0.3) is 0 Å². The molecule has 19 heavy (non-hydrogen) atoms. The molecule has 0 saturated heterocycles. The van der Waals surface area contributed by atoms with Crippen molar-refractivity contribution in [3.63, 3.8) is 0 Å². The number of rotatable bonds is 7. The van der Waals surface area contributed by atoms with Crippen LogP contribution in [0, 0.1) is 16.0 Å². The zero-order valence-electron chi connectivity index (χ0n) is 10.8. The molecule has 1 unspecified atom stereocenters. The smallest absolute Gasteiger partial charge is 0.333 e. The lowest BCUT2D eigenvalue weighted by Gasteiger charge is -2.12. The van der Waals surface area contributed by atoms with Gasteiger partial charge in [-0.05, 0) is 18.1 Å². The summed E-state index contributed by atoms with van der Waals surface area (Å²) < 4.78 is 4.94. The molecule has 104 valence electrons. The number of para-hydroxylation sites is 1. The summed E-state index contributed by atoms with van der Waals surface area (Å²) >= 11 is 0. The third kappa shape index (κ3) is 4.13. The van der Waals surface area contributed by atoms with Crippen LogP contribution in [0.3, 0.4) is 0 Å². The van der Waals surface area contributed by atoms with Crippen molar-refractivity contribution in [3.05, 3.63) is 28.3 Å². The standard InChI is InChI=1S/C12H16N2O5/c1-8(6-11(15)16)7-13-9-4-3-5-10(19-2)12(9)14(17)18/h3-5,8,13H,6-7H2,1-2H3,(H,15,16). The van der Waals surface area contributed by atoms with Gasteiger partial charge in [0.2, 0.25) is 0 Å². The molecule has 0 aliphatic carbocycles. The summed E-state index contributed by atoms with van der Waals surface area (Å²) in [4.78, 5) is 21.0. The lowest BCUT2D eigenvalue weighted by molar-refractivity contribution is -0.384. The first-order valence-electron chi connectivity index (χ1n) is 5.72. The van der Waals surface area contributed by atoms with Gasteiger partial charge in [0.1, 0.15) is 5.69 Å². The molecule has 0 saturated carbocycles. The van der Waals surface area contributed by atoms with Gasteiger partial charge in [-0.25, -0.2) is 0 Å². The Morgan fingerprint density at radius 1 is 1.58 bits per heavy atom. The van der Waals surface area contributed by atoms with E-state index in [0.29, 0.717) is 12.2 Å². The van der Waals surface area contributed by atoms with Gasteiger partial charge in [0.15, 0.2) is 5.75 Å². The van der Waals surface area contributed by atoms with Gasteiger partial charge in [-0.15, -0.1) is 0 Å². The van der Waals surface area contributed by atoms with E-state index < -0.39 is 10.9 Å². The highest BCUT2D eigenvalue weighted by Crippen LogP contribution is 2.34. The van der Waals surface area contributed by atoms with Crippen LogP contribution in [-0.4, -0.2) is 29.7 Å². The number of carboxylic acids is 1. The molecule has 1 rings (SSSR count). The van der Waals surface area contributed by atoms with E-state index in [4.69, 9.17) is 9.84 Å². The lowest BCUT2D eigenvalue weighted by atomic mass is 10.1. The molecule has 0 heterocycles. The maximum atomic E-state index is 11.0. The molecule has 0 spiro atoms. The fraction of sp³-hybridized carbons (Fsp3) is 0.417. The number of nitro groups is 1. The summed E-state index contributed by atoms with van der Waals surface area (Å²) in [7, 11) is 1.36. The number of aliphatic carboxylic acids is 1. The number of benzene rings is 1. The molecular formula is C12H16N2O5. The van der Waals surface area contributed by atoms with E-state index in [9.17, 15) is 14.9 Å². The zero-order valence-corrected chi connectivity index (χ0v) is 10.8. The summed E-state index contributed by atoms with van der Waals surface area (Å²) in [5, 5.41) is 22.6. The van der Waals surface area contributed by atoms with Crippen molar-refractivity contribution in [2.24, 2.45) is 5.92 Å². The Bertz CT molecular complexity index is 475. The maximum Gasteiger partial charge on any atom is 0.333 e. The molecule has 1 aromatic rings. The highest BCUT2D eigenvalue weighted by atomic mass is 16.6. The molecule has 0 amide bonds. The van der Waals surface area contributed by atoms with E-state index in [-0.39, 0.29) is 23.8 Å². The first-order valence-corrected chi connectivity index (χ1v) is 5.72. The topological polar surface area (TPSA) is 102 Å². The van der Waals surface area contributed by atoms with Crippen LogP contribution in [0.25, 0.3) is 0 Å². The molecule has 0 aliphatic heterocycles. The number of ether oxygens (including phenoxy) is 1. The monoisotopic (exact) mass is 268 g/mol. The van der Waals surface area contributed by atoms with Crippen LogP contribution in [-0.2, 0) is 4.79 Å². The third-order valence-corrected chi connectivity index (χ3v) is 2.57. The van der Waals surface area contributed by atoms with E-state index in [1.807, 2.05) is 0 Å². The minimum Gasteiger partial charge on any atom is -0.490 e. The predicted molar refractivity (Wildman–Crippen MR) is 69.6 cm³/mol. The molecule has 2 N–H and O–H groups in total. The van der Waals surface area contributed by atoms with Gasteiger partial charge >= 0.3 is 11.7 Å². The van der Waals surface area contributed by atoms with Crippen LogP contribution in [0.4, 0.5) is 11.4 Å². The molecule has 0 fully saturated rings. The van der Waals surface area contributed by atoms with Crippen LogP contribution in [0.2, 0.25) is 0 Å². The Morgan fingerprint density at radius 3 is 2.79 bits per heavy atom. The van der Waals surface area contributed by atoms with Crippen molar-refractivity contribution in [1.29, 1.82) is 0 Å². The predicted octanol–water partition coefficient (Wildman–Crippen LogP) is 2.13. The summed E-state index contributed by atoms with van der Waals surface area (Å²) in [6, 6.07) is 4.70. The molecule has 7 nitrogen and oxygen atoms in total. The fourth-order valence-corrected chi connectivity index (χ4v) is 1.67. The average molecular weight is 268 g/mol. The van der Waals surface area contributed by atoms with Gasteiger partial charge in [-0.2, -0.15) is 0 Å². The molecule has 1 aromatic carbocycles. The van der Waals surface area contributed by atoms with Crippen molar-refractivity contribution in [3.8, 4) is 5.75 Å². The second-order valence-corrected chi connectivity index (χ2v) is 4.20. The van der Waals surface area contributed by atoms with Crippen LogP contribution in [0.1, 0.15) is 13.3 Å². The third-order valence-electron chi connectivity index (χ3n) is 2.57. The first-order chi connectivity index (χ1) is 8.95. The Labute approximate surface area is 110 Å². The maximum absolute atomic E-state index is 11.0. The van der Waals surface area contributed by atoms with Crippen molar-refractivity contribution in [1.82, 2.24) is 0 Å². The van der Waals surface area contributed by atoms with Gasteiger partial charge < -0.3 is 15.2 Å². The Hall–Kier alpha value is -2.31. The Balaban J connectivity index is 2.83. The van der Waals surface area contributed by atoms with Crippen LogP contribution in [0.15, 0.2) is 18.2 Å². The second kappa shape index (κ2) is 6.58. The van der Waals surface area contributed by atoms with Gasteiger partial charge in [0, 0.05) is 13.0 Å². The minimum atomic E-state index is -0.894. The van der Waals surface area contributed by atoms with E-state index in [1.165, 1.54) is 13.2 Å². The number of hydrogen-bond acceptors (Lipinski definition) is 5. The number of nitrogens with one attached hydrogen (secondary N) is 1. The molecule has 0 radical (unpaired) electrons. The van der Waals surface area contributed by atoms with E-state index in [2.05, 4.69) is 5.32 Å². The summed E-state index contributed by atoms with van der Waals surface area (Å²) in [5.41, 5.74) is 0.175. The van der Waals surface area contributed by atoms with Crippen LogP contribution >= 0.6 is 0 Å². The molecule has 0 aliphatic rings. The summed E-state index contributed by atoms with van der Waals surface area (Å²) in [5.74, 6) is -0.862. The number of nitrogens with zero attached hydrogens (tertiary/aromatic N) is 1. The minimum absolute atomic E-state index is 0.00473. The first kappa shape index (κ1) is 14.7. The second-order valence-electron chi connectivity index (χ2n) is 4.20. The quantitative estimate of drug-likeness (QED) is 0.580. The number of carbonyl (C=O) groups is 1. The Kier molecular flexibility index (Phi) is 5.11. The summed E-state index contributed by atoms with van der Waals surface area (Å²) in [6.45, 7) is 2.09.